The molecule has 6 nitrogen and oxygen atoms in total. The van der Waals surface area contributed by atoms with Gasteiger partial charge in [-0.05, 0) is 55.5 Å². The molecule has 7 heteroatoms. The standard InChI is InChI=1S/C25H29N5OS/c1-19-7-9-20(10-8-19)29-12-4-6-22(29)24-23(21-5-2-3-11-26-21)27-25(32)30(24)14-13-28-15-17-31-18-16-28/h2-12,23-24H,13-18H2,1H3,(H,27,32)/t23-,24+/m1/s1. The lowest BCUT2D eigenvalue weighted by Gasteiger charge is -2.32. The van der Waals surface area contributed by atoms with Gasteiger partial charge >= 0.3 is 0 Å². The first-order valence-corrected chi connectivity index (χ1v) is 11.6. The molecular weight excluding hydrogens is 418 g/mol. The van der Waals surface area contributed by atoms with Crippen molar-refractivity contribution < 1.29 is 4.74 Å². The van der Waals surface area contributed by atoms with Crippen molar-refractivity contribution in [2.45, 2.75) is 19.0 Å². The Hall–Kier alpha value is -2.74. The molecule has 1 N–H and O–H groups in total. The molecule has 0 spiro atoms. The Balaban J connectivity index is 1.49. The molecule has 2 saturated heterocycles. The first kappa shape index (κ1) is 21.1. The van der Waals surface area contributed by atoms with Crippen molar-refractivity contribution in [1.29, 1.82) is 0 Å². The van der Waals surface area contributed by atoms with Gasteiger partial charge in [0.25, 0.3) is 0 Å². The lowest BCUT2D eigenvalue weighted by Crippen LogP contribution is -2.42. The lowest BCUT2D eigenvalue weighted by atomic mass is 10.0. The molecule has 0 aliphatic carbocycles. The third kappa shape index (κ3) is 4.28. The molecule has 0 bridgehead atoms. The van der Waals surface area contributed by atoms with E-state index in [9.17, 15) is 0 Å². The Morgan fingerprint density at radius 1 is 1.03 bits per heavy atom. The van der Waals surface area contributed by atoms with E-state index >= 15 is 0 Å². The van der Waals surface area contributed by atoms with Crippen LogP contribution in [0.1, 0.15) is 29.0 Å². The summed E-state index contributed by atoms with van der Waals surface area (Å²) in [6.45, 7) is 7.49. The van der Waals surface area contributed by atoms with E-state index in [-0.39, 0.29) is 12.1 Å². The number of benzene rings is 1. The Bertz CT molecular complexity index is 1050. The van der Waals surface area contributed by atoms with Crippen molar-refractivity contribution in [2.75, 3.05) is 39.4 Å². The Morgan fingerprint density at radius 2 is 1.84 bits per heavy atom. The van der Waals surface area contributed by atoms with E-state index in [4.69, 9.17) is 17.0 Å². The van der Waals surface area contributed by atoms with E-state index < -0.39 is 0 Å². The number of hydrogen-bond donors (Lipinski definition) is 1. The number of nitrogens with one attached hydrogen (secondary N) is 1. The van der Waals surface area contributed by atoms with E-state index in [1.807, 2.05) is 18.3 Å². The number of aryl methyl sites for hydroxylation is 1. The molecular formula is C25H29N5OS. The molecule has 0 amide bonds. The fourth-order valence-corrected chi connectivity index (χ4v) is 4.95. The summed E-state index contributed by atoms with van der Waals surface area (Å²) in [6.07, 6.45) is 3.99. The Labute approximate surface area is 194 Å². The van der Waals surface area contributed by atoms with Gasteiger partial charge in [0.2, 0.25) is 0 Å². The third-order valence-electron chi connectivity index (χ3n) is 6.35. The van der Waals surface area contributed by atoms with Crippen LogP contribution in [0.25, 0.3) is 5.69 Å². The number of ether oxygens (including phenoxy) is 1. The molecule has 0 unspecified atom stereocenters. The Morgan fingerprint density at radius 3 is 2.59 bits per heavy atom. The molecule has 0 radical (unpaired) electrons. The number of morpholine rings is 1. The van der Waals surface area contributed by atoms with E-state index in [1.54, 1.807) is 0 Å². The Kier molecular flexibility index (Phi) is 6.21. The van der Waals surface area contributed by atoms with Gasteiger partial charge in [0.15, 0.2) is 5.11 Å². The maximum absolute atomic E-state index is 5.85. The highest BCUT2D eigenvalue weighted by Crippen LogP contribution is 2.39. The van der Waals surface area contributed by atoms with E-state index in [0.717, 1.165) is 55.9 Å². The maximum Gasteiger partial charge on any atom is 0.170 e. The number of thiocarbonyl (C=S) groups is 1. The highest BCUT2D eigenvalue weighted by molar-refractivity contribution is 7.80. The zero-order valence-electron chi connectivity index (χ0n) is 18.4. The van der Waals surface area contributed by atoms with Crippen molar-refractivity contribution in [3.63, 3.8) is 0 Å². The van der Waals surface area contributed by atoms with Crippen LogP contribution in [0.3, 0.4) is 0 Å². The second-order valence-electron chi connectivity index (χ2n) is 8.41. The highest BCUT2D eigenvalue weighted by atomic mass is 32.1. The summed E-state index contributed by atoms with van der Waals surface area (Å²) in [5, 5.41) is 4.36. The first-order chi connectivity index (χ1) is 15.7. The minimum atomic E-state index is -0.00696. The average molecular weight is 448 g/mol. The van der Waals surface area contributed by atoms with Gasteiger partial charge in [0.1, 0.15) is 0 Å². The number of aromatic nitrogens is 2. The van der Waals surface area contributed by atoms with Crippen LogP contribution >= 0.6 is 12.2 Å². The molecule has 0 saturated carbocycles. The second kappa shape index (κ2) is 9.40. The van der Waals surface area contributed by atoms with Crippen LogP contribution in [0.15, 0.2) is 67.0 Å². The number of pyridine rings is 1. The molecule has 4 heterocycles. The summed E-state index contributed by atoms with van der Waals surface area (Å²) in [5.41, 5.74) is 4.62. The zero-order valence-corrected chi connectivity index (χ0v) is 19.2. The van der Waals surface area contributed by atoms with Crippen LogP contribution in [0.2, 0.25) is 0 Å². The minimum absolute atomic E-state index is 0.00696. The van der Waals surface area contributed by atoms with Crippen molar-refractivity contribution in [1.82, 2.24) is 24.7 Å². The van der Waals surface area contributed by atoms with E-state index in [2.05, 4.69) is 80.3 Å². The number of hydrogen-bond acceptors (Lipinski definition) is 4. The van der Waals surface area contributed by atoms with Gasteiger partial charge in [0.05, 0.1) is 31.0 Å². The van der Waals surface area contributed by atoms with Gasteiger partial charge in [-0.2, -0.15) is 0 Å². The van der Waals surface area contributed by atoms with Gasteiger partial charge in [-0.3, -0.25) is 9.88 Å². The topological polar surface area (TPSA) is 45.6 Å². The summed E-state index contributed by atoms with van der Waals surface area (Å²) in [6, 6.07) is 19.1. The summed E-state index contributed by atoms with van der Waals surface area (Å²) in [5.74, 6) is 0. The summed E-state index contributed by atoms with van der Waals surface area (Å²) >= 11 is 5.85. The molecule has 166 valence electrons. The van der Waals surface area contributed by atoms with Gasteiger partial charge in [-0.15, -0.1) is 0 Å². The number of rotatable bonds is 6. The quantitative estimate of drug-likeness (QED) is 0.584. The van der Waals surface area contributed by atoms with Crippen molar-refractivity contribution >= 4 is 17.3 Å². The fraction of sp³-hybridized carbons (Fsp3) is 0.360. The summed E-state index contributed by atoms with van der Waals surface area (Å²) in [7, 11) is 0. The fourth-order valence-electron chi connectivity index (χ4n) is 4.62. The van der Waals surface area contributed by atoms with Gasteiger partial charge in [-0.1, -0.05) is 23.8 Å². The first-order valence-electron chi connectivity index (χ1n) is 11.2. The number of nitrogens with zero attached hydrogens (tertiary/aromatic N) is 4. The SMILES string of the molecule is Cc1ccc(-n2cccc2[C@H]2[C@@H](c3ccccn3)NC(=S)N2CCN2CCOCC2)cc1. The lowest BCUT2D eigenvalue weighted by molar-refractivity contribution is 0.0349. The molecule has 2 aromatic heterocycles. The molecule has 2 atom stereocenters. The van der Waals surface area contributed by atoms with Crippen LogP contribution in [0.5, 0.6) is 0 Å². The van der Waals surface area contributed by atoms with E-state index in [1.165, 1.54) is 11.3 Å². The average Bonchev–Trinajstić information content (AvgIpc) is 3.43. The zero-order chi connectivity index (χ0) is 21.9. The molecule has 2 aliphatic rings. The molecule has 2 aliphatic heterocycles. The van der Waals surface area contributed by atoms with Crippen LogP contribution in [0, 0.1) is 6.92 Å². The summed E-state index contributed by atoms with van der Waals surface area (Å²) < 4.78 is 7.79. The minimum Gasteiger partial charge on any atom is -0.379 e. The summed E-state index contributed by atoms with van der Waals surface area (Å²) in [4.78, 5) is 9.46. The molecule has 2 fully saturated rings. The van der Waals surface area contributed by atoms with Crippen molar-refractivity contribution in [3.8, 4) is 5.69 Å². The van der Waals surface area contributed by atoms with Crippen LogP contribution < -0.4 is 5.32 Å². The normalized spacial score (nSPS) is 21.7. The predicted molar refractivity (Wildman–Crippen MR) is 130 cm³/mol. The van der Waals surface area contributed by atoms with Crippen LogP contribution in [-0.4, -0.2) is 63.9 Å². The van der Waals surface area contributed by atoms with Crippen LogP contribution in [0.4, 0.5) is 0 Å². The van der Waals surface area contributed by atoms with Crippen molar-refractivity contribution in [2.24, 2.45) is 0 Å². The highest BCUT2D eigenvalue weighted by Gasteiger charge is 2.41. The van der Waals surface area contributed by atoms with Gasteiger partial charge < -0.3 is 19.5 Å². The third-order valence-corrected chi connectivity index (χ3v) is 6.71. The second-order valence-corrected chi connectivity index (χ2v) is 8.80. The predicted octanol–water partition coefficient (Wildman–Crippen LogP) is 3.49. The van der Waals surface area contributed by atoms with Crippen LogP contribution in [-0.2, 0) is 4.74 Å². The maximum atomic E-state index is 5.85. The monoisotopic (exact) mass is 447 g/mol. The van der Waals surface area contributed by atoms with E-state index in [0.29, 0.717) is 0 Å². The molecule has 3 aromatic rings. The molecule has 5 rings (SSSR count). The molecule has 1 aromatic carbocycles. The smallest absolute Gasteiger partial charge is 0.170 e. The van der Waals surface area contributed by atoms with Crippen molar-refractivity contribution in [3.05, 3.63) is 83.9 Å². The molecule has 32 heavy (non-hydrogen) atoms. The van der Waals surface area contributed by atoms with Gasteiger partial charge in [-0.25, -0.2) is 0 Å². The van der Waals surface area contributed by atoms with Gasteiger partial charge in [0, 0.05) is 50.0 Å². The largest absolute Gasteiger partial charge is 0.379 e.